The van der Waals surface area contributed by atoms with Crippen molar-refractivity contribution >= 4 is 18.3 Å². The third kappa shape index (κ3) is 3.45. The van der Waals surface area contributed by atoms with Crippen LogP contribution in [0.15, 0.2) is 24.3 Å². The Morgan fingerprint density at radius 1 is 1.35 bits per heavy atom. The van der Waals surface area contributed by atoms with Crippen molar-refractivity contribution in [3.8, 4) is 0 Å². The van der Waals surface area contributed by atoms with Crippen LogP contribution < -0.4 is 5.32 Å². The molecule has 1 aromatic carbocycles. The lowest BCUT2D eigenvalue weighted by Gasteiger charge is -2.32. The van der Waals surface area contributed by atoms with E-state index >= 15 is 0 Å². The zero-order valence-corrected chi connectivity index (χ0v) is 11.1. The van der Waals surface area contributed by atoms with Crippen LogP contribution in [0.2, 0.25) is 0 Å². The van der Waals surface area contributed by atoms with Gasteiger partial charge in [-0.2, -0.15) is 0 Å². The Morgan fingerprint density at radius 2 is 2.00 bits per heavy atom. The Morgan fingerprint density at radius 3 is 2.59 bits per heavy atom. The molecule has 1 amide bonds. The van der Waals surface area contributed by atoms with E-state index in [4.69, 9.17) is 0 Å². The van der Waals surface area contributed by atoms with Gasteiger partial charge in [0.2, 0.25) is 0 Å². The maximum Gasteiger partial charge on any atom is 0.253 e. The number of rotatable bonds is 1. The van der Waals surface area contributed by atoms with Crippen LogP contribution in [0.4, 0.5) is 0 Å². The molecule has 0 radical (unpaired) electrons. The molecule has 0 spiro atoms. The lowest BCUT2D eigenvalue weighted by atomic mass is 10.1. The number of halogens is 1. The highest BCUT2D eigenvalue weighted by Crippen LogP contribution is 2.09. The van der Waals surface area contributed by atoms with E-state index in [1.165, 1.54) is 5.56 Å². The van der Waals surface area contributed by atoms with Gasteiger partial charge in [-0.1, -0.05) is 17.7 Å². The van der Waals surface area contributed by atoms with Crippen LogP contribution in [0.1, 0.15) is 22.8 Å². The molecule has 1 saturated heterocycles. The number of carbonyl (C=O) groups excluding carboxylic acids is 1. The van der Waals surface area contributed by atoms with Crippen molar-refractivity contribution in [1.29, 1.82) is 0 Å². The van der Waals surface area contributed by atoms with E-state index in [1.807, 2.05) is 36.1 Å². The van der Waals surface area contributed by atoms with Gasteiger partial charge in [0.1, 0.15) is 0 Å². The third-order valence-corrected chi connectivity index (χ3v) is 2.95. The number of hydrogen-bond donors (Lipinski definition) is 1. The summed E-state index contributed by atoms with van der Waals surface area (Å²) in [5, 5.41) is 3.33. The van der Waals surface area contributed by atoms with E-state index in [-0.39, 0.29) is 18.3 Å². The standard InChI is InChI=1S/C13H18N2O.ClH/c1-10-3-5-12(6-4-10)13(16)15-8-7-14-11(2)9-15;/h3-6,11,14H,7-9H2,1-2H3;1H/t11-;/m1./s1. The number of aryl methyl sites for hydroxylation is 1. The van der Waals surface area contributed by atoms with Crippen LogP contribution in [-0.2, 0) is 0 Å². The number of piperazine rings is 1. The monoisotopic (exact) mass is 254 g/mol. The molecule has 1 N–H and O–H groups in total. The molecule has 0 aromatic heterocycles. The predicted molar refractivity (Wildman–Crippen MR) is 71.8 cm³/mol. The van der Waals surface area contributed by atoms with Gasteiger partial charge in [0, 0.05) is 31.2 Å². The van der Waals surface area contributed by atoms with Gasteiger partial charge in [-0.15, -0.1) is 12.4 Å². The van der Waals surface area contributed by atoms with Crippen molar-refractivity contribution in [2.75, 3.05) is 19.6 Å². The minimum Gasteiger partial charge on any atom is -0.336 e. The zero-order chi connectivity index (χ0) is 11.5. The molecule has 0 unspecified atom stereocenters. The Bertz CT molecular complexity index is 378. The number of nitrogens with one attached hydrogen (secondary N) is 1. The topological polar surface area (TPSA) is 32.3 Å². The summed E-state index contributed by atoms with van der Waals surface area (Å²) in [6.45, 7) is 6.62. The second-order valence-corrected chi connectivity index (χ2v) is 4.47. The second kappa shape index (κ2) is 6.03. The molecule has 1 heterocycles. The average molecular weight is 255 g/mol. The van der Waals surface area contributed by atoms with Gasteiger partial charge in [-0.3, -0.25) is 4.79 Å². The first kappa shape index (κ1) is 14.0. The van der Waals surface area contributed by atoms with Crippen LogP contribution in [0.3, 0.4) is 0 Å². The summed E-state index contributed by atoms with van der Waals surface area (Å²) in [4.78, 5) is 14.1. The maximum absolute atomic E-state index is 12.2. The van der Waals surface area contributed by atoms with Crippen LogP contribution in [0.25, 0.3) is 0 Å². The molecular weight excluding hydrogens is 236 g/mol. The summed E-state index contributed by atoms with van der Waals surface area (Å²) < 4.78 is 0. The lowest BCUT2D eigenvalue weighted by Crippen LogP contribution is -2.51. The Hall–Kier alpha value is -1.06. The number of benzene rings is 1. The summed E-state index contributed by atoms with van der Waals surface area (Å²) in [5.41, 5.74) is 1.98. The third-order valence-electron chi connectivity index (χ3n) is 2.95. The fourth-order valence-electron chi connectivity index (χ4n) is 2.00. The van der Waals surface area contributed by atoms with E-state index in [2.05, 4.69) is 12.2 Å². The van der Waals surface area contributed by atoms with Crippen molar-refractivity contribution in [3.63, 3.8) is 0 Å². The van der Waals surface area contributed by atoms with Crippen LogP contribution in [0, 0.1) is 6.92 Å². The highest BCUT2D eigenvalue weighted by molar-refractivity contribution is 5.94. The normalized spacial score (nSPS) is 19.6. The predicted octanol–water partition coefficient (Wildman–Crippen LogP) is 1.85. The minimum atomic E-state index is 0. The molecule has 1 aliphatic heterocycles. The molecule has 0 saturated carbocycles. The van der Waals surface area contributed by atoms with Gasteiger partial charge >= 0.3 is 0 Å². The van der Waals surface area contributed by atoms with Crippen molar-refractivity contribution in [1.82, 2.24) is 10.2 Å². The van der Waals surface area contributed by atoms with Crippen LogP contribution >= 0.6 is 12.4 Å². The summed E-state index contributed by atoms with van der Waals surface area (Å²) in [6.07, 6.45) is 0. The van der Waals surface area contributed by atoms with Gasteiger partial charge in [-0.25, -0.2) is 0 Å². The Kier molecular flexibility index (Phi) is 4.97. The number of carbonyl (C=O) groups is 1. The number of hydrogen-bond acceptors (Lipinski definition) is 2. The molecule has 17 heavy (non-hydrogen) atoms. The highest BCUT2D eigenvalue weighted by Gasteiger charge is 2.21. The summed E-state index contributed by atoms with van der Waals surface area (Å²) in [5.74, 6) is 0.147. The molecule has 0 bridgehead atoms. The lowest BCUT2D eigenvalue weighted by molar-refractivity contribution is 0.0709. The Labute approximate surface area is 109 Å². The van der Waals surface area contributed by atoms with Crippen molar-refractivity contribution in [2.45, 2.75) is 19.9 Å². The molecule has 1 aliphatic rings. The van der Waals surface area contributed by atoms with E-state index in [1.54, 1.807) is 0 Å². The Balaban J connectivity index is 0.00000144. The minimum absolute atomic E-state index is 0. The number of nitrogens with zero attached hydrogens (tertiary/aromatic N) is 1. The summed E-state index contributed by atoms with van der Waals surface area (Å²) >= 11 is 0. The molecule has 94 valence electrons. The van der Waals surface area contributed by atoms with E-state index in [0.717, 1.165) is 25.2 Å². The first-order valence-corrected chi connectivity index (χ1v) is 5.76. The fraction of sp³-hybridized carbons (Fsp3) is 0.462. The molecular formula is C13H19ClN2O. The SMILES string of the molecule is Cc1ccc(C(=O)N2CCN[C@H](C)C2)cc1.Cl. The van der Waals surface area contributed by atoms with E-state index in [9.17, 15) is 4.79 Å². The fourth-order valence-corrected chi connectivity index (χ4v) is 2.00. The molecule has 3 nitrogen and oxygen atoms in total. The smallest absolute Gasteiger partial charge is 0.253 e. The van der Waals surface area contributed by atoms with Gasteiger partial charge in [-0.05, 0) is 26.0 Å². The summed E-state index contributed by atoms with van der Waals surface area (Å²) in [6, 6.07) is 8.18. The number of amides is 1. The summed E-state index contributed by atoms with van der Waals surface area (Å²) in [7, 11) is 0. The largest absolute Gasteiger partial charge is 0.336 e. The molecule has 0 aliphatic carbocycles. The van der Waals surface area contributed by atoms with Crippen LogP contribution in [0.5, 0.6) is 0 Å². The van der Waals surface area contributed by atoms with E-state index in [0.29, 0.717) is 6.04 Å². The highest BCUT2D eigenvalue weighted by atomic mass is 35.5. The van der Waals surface area contributed by atoms with E-state index < -0.39 is 0 Å². The first-order valence-electron chi connectivity index (χ1n) is 5.76. The quantitative estimate of drug-likeness (QED) is 0.830. The van der Waals surface area contributed by atoms with Gasteiger partial charge < -0.3 is 10.2 Å². The van der Waals surface area contributed by atoms with Crippen molar-refractivity contribution < 1.29 is 4.79 Å². The average Bonchev–Trinajstić information content (AvgIpc) is 2.29. The zero-order valence-electron chi connectivity index (χ0n) is 10.3. The van der Waals surface area contributed by atoms with Crippen molar-refractivity contribution in [2.24, 2.45) is 0 Å². The van der Waals surface area contributed by atoms with Crippen molar-refractivity contribution in [3.05, 3.63) is 35.4 Å². The molecule has 1 atom stereocenters. The molecule has 1 fully saturated rings. The van der Waals surface area contributed by atoms with Gasteiger partial charge in [0.15, 0.2) is 0 Å². The maximum atomic E-state index is 12.2. The molecule has 1 aromatic rings. The molecule has 4 heteroatoms. The van der Waals surface area contributed by atoms with Gasteiger partial charge in [0.25, 0.3) is 5.91 Å². The van der Waals surface area contributed by atoms with Crippen LogP contribution in [-0.4, -0.2) is 36.5 Å². The first-order chi connectivity index (χ1) is 7.66. The molecule has 2 rings (SSSR count). The second-order valence-electron chi connectivity index (χ2n) is 4.47. The van der Waals surface area contributed by atoms with Gasteiger partial charge in [0.05, 0.1) is 0 Å².